The van der Waals surface area contributed by atoms with Crippen LogP contribution in [-0.2, 0) is 12.6 Å². The summed E-state index contributed by atoms with van der Waals surface area (Å²) in [6, 6.07) is 9.03. The summed E-state index contributed by atoms with van der Waals surface area (Å²) in [6.45, 7) is 0.867. The fraction of sp³-hybridized carbons (Fsp3) is 0.400. The van der Waals surface area contributed by atoms with Crippen molar-refractivity contribution in [3.63, 3.8) is 0 Å². The molecule has 0 spiro atoms. The largest absolute Gasteiger partial charge is 0.419 e. The lowest BCUT2D eigenvalue weighted by atomic mass is 10.1. The minimum atomic E-state index is -4.37. The van der Waals surface area contributed by atoms with Crippen LogP contribution < -0.4 is 5.32 Å². The molecule has 0 aliphatic carbocycles. The van der Waals surface area contributed by atoms with E-state index in [1.54, 1.807) is 24.3 Å². The third-order valence-electron chi connectivity index (χ3n) is 3.78. The van der Waals surface area contributed by atoms with Gasteiger partial charge in [0.05, 0.1) is 23.1 Å². The van der Waals surface area contributed by atoms with Gasteiger partial charge in [-0.1, -0.05) is 18.2 Å². The molecule has 2 aromatic rings. The molecule has 1 aromatic carbocycles. The Hall–Kier alpha value is -1.82. The number of halogens is 3. The molecule has 2 heterocycles. The summed E-state index contributed by atoms with van der Waals surface area (Å²) in [5.74, 6) is 0. The molecule has 3 nitrogen and oxygen atoms in total. The van der Waals surface area contributed by atoms with Crippen molar-refractivity contribution in [3.05, 3.63) is 47.8 Å². The van der Waals surface area contributed by atoms with Gasteiger partial charge in [-0.3, -0.25) is 0 Å². The number of hydrogen-bond donors (Lipinski definition) is 1. The first-order valence-corrected chi connectivity index (χ1v) is 6.98. The molecule has 3 rings (SSSR count). The number of para-hydroxylation sites is 1. The second-order valence-electron chi connectivity index (χ2n) is 5.25. The van der Waals surface area contributed by atoms with E-state index in [9.17, 15) is 13.2 Å². The molecule has 112 valence electrons. The fourth-order valence-corrected chi connectivity index (χ4v) is 2.76. The Kier molecular flexibility index (Phi) is 3.71. The van der Waals surface area contributed by atoms with Gasteiger partial charge in [0.25, 0.3) is 0 Å². The summed E-state index contributed by atoms with van der Waals surface area (Å²) in [5.41, 5.74) is 0.245. The number of nitrogens with one attached hydrogen (secondary N) is 1. The topological polar surface area (TPSA) is 29.9 Å². The van der Waals surface area contributed by atoms with Crippen molar-refractivity contribution in [2.75, 3.05) is 6.54 Å². The second kappa shape index (κ2) is 5.52. The molecular weight excluding hydrogens is 279 g/mol. The SMILES string of the molecule is FC(F)(F)c1cnn(-c2ccccc2)c1CC1CCCN1. The third kappa shape index (κ3) is 2.95. The summed E-state index contributed by atoms with van der Waals surface area (Å²) in [6.07, 6.45) is -1.20. The lowest BCUT2D eigenvalue weighted by Crippen LogP contribution is -2.26. The van der Waals surface area contributed by atoms with E-state index in [-0.39, 0.29) is 11.7 Å². The Morgan fingerprint density at radius 1 is 1.24 bits per heavy atom. The Morgan fingerprint density at radius 3 is 2.62 bits per heavy atom. The highest BCUT2D eigenvalue weighted by atomic mass is 19.4. The van der Waals surface area contributed by atoms with Gasteiger partial charge in [0.2, 0.25) is 0 Å². The molecule has 0 saturated carbocycles. The standard InChI is InChI=1S/C15H16F3N3/c16-15(17,18)13-10-20-21(12-6-2-1-3-7-12)14(13)9-11-5-4-8-19-11/h1-3,6-7,10-11,19H,4-5,8-9H2. The number of benzene rings is 1. The monoisotopic (exact) mass is 295 g/mol. The number of aromatic nitrogens is 2. The molecule has 1 N–H and O–H groups in total. The molecule has 0 radical (unpaired) electrons. The van der Waals surface area contributed by atoms with Gasteiger partial charge in [-0.25, -0.2) is 4.68 Å². The normalized spacial score (nSPS) is 19.1. The lowest BCUT2D eigenvalue weighted by molar-refractivity contribution is -0.138. The van der Waals surface area contributed by atoms with Crippen molar-refractivity contribution in [1.82, 2.24) is 15.1 Å². The van der Waals surface area contributed by atoms with E-state index in [2.05, 4.69) is 10.4 Å². The quantitative estimate of drug-likeness (QED) is 0.942. The van der Waals surface area contributed by atoms with Gasteiger partial charge in [-0.2, -0.15) is 18.3 Å². The van der Waals surface area contributed by atoms with Gasteiger partial charge < -0.3 is 5.32 Å². The Labute approximate surface area is 120 Å². The predicted molar refractivity (Wildman–Crippen MR) is 73.3 cm³/mol. The highest BCUT2D eigenvalue weighted by Crippen LogP contribution is 2.33. The fourth-order valence-electron chi connectivity index (χ4n) is 2.76. The van der Waals surface area contributed by atoms with Crippen LogP contribution in [0.5, 0.6) is 0 Å². The Morgan fingerprint density at radius 2 is 2.00 bits per heavy atom. The van der Waals surface area contributed by atoms with Crippen LogP contribution in [0.1, 0.15) is 24.1 Å². The summed E-state index contributed by atoms with van der Waals surface area (Å²) in [4.78, 5) is 0. The predicted octanol–water partition coefficient (Wildman–Crippen LogP) is 3.19. The van der Waals surface area contributed by atoms with Gasteiger partial charge in [0.15, 0.2) is 0 Å². The first-order valence-electron chi connectivity index (χ1n) is 6.98. The minimum Gasteiger partial charge on any atom is -0.314 e. The molecule has 6 heteroatoms. The van der Waals surface area contributed by atoms with E-state index < -0.39 is 11.7 Å². The van der Waals surface area contributed by atoms with Crippen molar-refractivity contribution < 1.29 is 13.2 Å². The van der Waals surface area contributed by atoms with Crippen molar-refractivity contribution in [1.29, 1.82) is 0 Å². The number of alkyl halides is 3. The number of rotatable bonds is 3. The number of hydrogen-bond acceptors (Lipinski definition) is 2. The van der Waals surface area contributed by atoms with E-state index >= 15 is 0 Å². The van der Waals surface area contributed by atoms with Crippen LogP contribution in [0.25, 0.3) is 5.69 Å². The van der Waals surface area contributed by atoms with Gasteiger partial charge in [0, 0.05) is 12.5 Å². The van der Waals surface area contributed by atoms with Gasteiger partial charge in [-0.15, -0.1) is 0 Å². The summed E-state index contributed by atoms with van der Waals surface area (Å²) >= 11 is 0. The molecule has 1 aromatic heterocycles. The number of nitrogens with zero attached hydrogens (tertiary/aromatic N) is 2. The first kappa shape index (κ1) is 14.1. The van der Waals surface area contributed by atoms with E-state index in [1.807, 2.05) is 6.07 Å². The zero-order chi connectivity index (χ0) is 14.9. The van der Waals surface area contributed by atoms with E-state index in [0.717, 1.165) is 25.6 Å². The molecule has 1 saturated heterocycles. The zero-order valence-corrected chi connectivity index (χ0v) is 11.4. The second-order valence-corrected chi connectivity index (χ2v) is 5.25. The van der Waals surface area contributed by atoms with Crippen molar-refractivity contribution in [3.8, 4) is 5.69 Å². The molecule has 0 bridgehead atoms. The summed E-state index contributed by atoms with van der Waals surface area (Å²) in [5, 5.41) is 7.21. The van der Waals surface area contributed by atoms with Crippen LogP contribution in [0, 0.1) is 0 Å². The molecule has 1 atom stereocenters. The third-order valence-corrected chi connectivity index (χ3v) is 3.78. The van der Waals surface area contributed by atoms with E-state index in [0.29, 0.717) is 12.1 Å². The molecular formula is C15H16F3N3. The lowest BCUT2D eigenvalue weighted by Gasteiger charge is -2.15. The molecule has 21 heavy (non-hydrogen) atoms. The minimum absolute atomic E-state index is 0.0882. The average molecular weight is 295 g/mol. The maximum atomic E-state index is 13.2. The highest BCUT2D eigenvalue weighted by Gasteiger charge is 2.37. The molecule has 1 aliphatic rings. The zero-order valence-electron chi connectivity index (χ0n) is 11.4. The highest BCUT2D eigenvalue weighted by molar-refractivity contribution is 5.36. The van der Waals surface area contributed by atoms with Crippen LogP contribution in [-0.4, -0.2) is 22.4 Å². The summed E-state index contributed by atoms with van der Waals surface area (Å²) < 4.78 is 40.9. The maximum absolute atomic E-state index is 13.2. The van der Waals surface area contributed by atoms with Crippen molar-refractivity contribution >= 4 is 0 Å². The molecule has 0 amide bonds. The van der Waals surface area contributed by atoms with E-state index in [1.165, 1.54) is 4.68 Å². The van der Waals surface area contributed by atoms with Crippen LogP contribution in [0.4, 0.5) is 13.2 Å². The maximum Gasteiger partial charge on any atom is 0.419 e. The molecule has 1 aliphatic heterocycles. The molecule has 1 fully saturated rings. The first-order chi connectivity index (χ1) is 10.1. The van der Waals surface area contributed by atoms with Crippen LogP contribution in [0.2, 0.25) is 0 Å². The van der Waals surface area contributed by atoms with Gasteiger partial charge >= 0.3 is 6.18 Å². The van der Waals surface area contributed by atoms with Crippen LogP contribution in [0.3, 0.4) is 0 Å². The van der Waals surface area contributed by atoms with Crippen LogP contribution in [0.15, 0.2) is 36.5 Å². The average Bonchev–Trinajstić information content (AvgIpc) is 3.09. The van der Waals surface area contributed by atoms with E-state index in [4.69, 9.17) is 0 Å². The van der Waals surface area contributed by atoms with Crippen molar-refractivity contribution in [2.24, 2.45) is 0 Å². The van der Waals surface area contributed by atoms with Gasteiger partial charge in [-0.05, 0) is 31.5 Å². The van der Waals surface area contributed by atoms with Crippen molar-refractivity contribution in [2.45, 2.75) is 31.5 Å². The smallest absolute Gasteiger partial charge is 0.314 e. The Balaban J connectivity index is 2.01. The summed E-state index contributed by atoms with van der Waals surface area (Å²) in [7, 11) is 0. The Bertz CT molecular complexity index is 598. The van der Waals surface area contributed by atoms with Crippen LogP contribution >= 0.6 is 0 Å². The van der Waals surface area contributed by atoms with Gasteiger partial charge in [0.1, 0.15) is 0 Å². The molecule has 1 unspecified atom stereocenters.